The first kappa shape index (κ1) is 11.6. The SMILES string of the molecule is CSC1(CNc2nc(F)c(F)cc2F)CC1. The number of halogens is 3. The fourth-order valence-electron chi connectivity index (χ4n) is 1.41. The van der Waals surface area contributed by atoms with E-state index in [2.05, 4.69) is 10.3 Å². The van der Waals surface area contributed by atoms with E-state index in [4.69, 9.17) is 0 Å². The van der Waals surface area contributed by atoms with Gasteiger partial charge in [0.15, 0.2) is 17.5 Å². The molecule has 0 unspecified atom stereocenters. The molecule has 1 N–H and O–H groups in total. The van der Waals surface area contributed by atoms with Crippen LogP contribution in [0.4, 0.5) is 19.0 Å². The van der Waals surface area contributed by atoms with Gasteiger partial charge >= 0.3 is 0 Å². The average molecular weight is 248 g/mol. The number of hydrogen-bond donors (Lipinski definition) is 1. The third kappa shape index (κ3) is 2.26. The molecule has 0 amide bonds. The summed E-state index contributed by atoms with van der Waals surface area (Å²) >= 11 is 1.69. The fourth-order valence-corrected chi connectivity index (χ4v) is 2.13. The maximum absolute atomic E-state index is 13.2. The smallest absolute Gasteiger partial charge is 0.251 e. The Kier molecular flexibility index (Phi) is 3.01. The summed E-state index contributed by atoms with van der Waals surface area (Å²) in [5.41, 5.74) is 0. The van der Waals surface area contributed by atoms with Gasteiger partial charge < -0.3 is 5.32 Å². The van der Waals surface area contributed by atoms with Gasteiger partial charge in [0.1, 0.15) is 0 Å². The van der Waals surface area contributed by atoms with Gasteiger partial charge in [-0.2, -0.15) is 21.1 Å². The third-order valence-electron chi connectivity index (χ3n) is 2.71. The summed E-state index contributed by atoms with van der Waals surface area (Å²) in [5, 5.41) is 2.72. The van der Waals surface area contributed by atoms with E-state index < -0.39 is 17.6 Å². The van der Waals surface area contributed by atoms with Gasteiger partial charge in [0.25, 0.3) is 5.95 Å². The van der Waals surface area contributed by atoms with Crippen LogP contribution in [0.5, 0.6) is 0 Å². The topological polar surface area (TPSA) is 24.9 Å². The van der Waals surface area contributed by atoms with Gasteiger partial charge in [-0.25, -0.2) is 8.78 Å². The summed E-state index contributed by atoms with van der Waals surface area (Å²) in [5.74, 6) is -3.64. The molecule has 88 valence electrons. The molecule has 6 heteroatoms. The van der Waals surface area contributed by atoms with Crippen molar-refractivity contribution in [3.63, 3.8) is 0 Å². The van der Waals surface area contributed by atoms with Crippen LogP contribution < -0.4 is 5.32 Å². The van der Waals surface area contributed by atoms with Crippen LogP contribution in [-0.4, -0.2) is 22.5 Å². The van der Waals surface area contributed by atoms with Crippen LogP contribution in [0.15, 0.2) is 6.07 Å². The maximum atomic E-state index is 13.2. The standard InChI is InChI=1S/C10H11F3N2S/c1-16-10(2-3-10)5-14-9-7(12)4-6(11)8(13)15-9/h4H,2-3,5H2,1H3,(H,14,15). The van der Waals surface area contributed by atoms with Crippen molar-refractivity contribution in [3.05, 3.63) is 23.6 Å². The van der Waals surface area contributed by atoms with Crippen molar-refractivity contribution in [3.8, 4) is 0 Å². The molecule has 0 spiro atoms. The highest BCUT2D eigenvalue weighted by Crippen LogP contribution is 2.47. The lowest BCUT2D eigenvalue weighted by Gasteiger charge is -2.13. The number of thioether (sulfide) groups is 1. The van der Waals surface area contributed by atoms with E-state index in [0.29, 0.717) is 12.6 Å². The predicted octanol–water partition coefficient (Wildman–Crippen LogP) is 2.81. The Hall–Kier alpha value is -0.910. The first-order valence-corrected chi connectivity index (χ1v) is 6.09. The summed E-state index contributed by atoms with van der Waals surface area (Å²) < 4.78 is 38.7. The Labute approximate surface area is 95.6 Å². The lowest BCUT2D eigenvalue weighted by atomic mass is 10.3. The van der Waals surface area contributed by atoms with E-state index >= 15 is 0 Å². The Morgan fingerprint density at radius 1 is 1.38 bits per heavy atom. The van der Waals surface area contributed by atoms with Crippen molar-refractivity contribution in [2.45, 2.75) is 17.6 Å². The van der Waals surface area contributed by atoms with Crippen LogP contribution in [0.1, 0.15) is 12.8 Å². The molecule has 1 aliphatic carbocycles. The van der Waals surface area contributed by atoms with E-state index in [9.17, 15) is 13.2 Å². The fraction of sp³-hybridized carbons (Fsp3) is 0.500. The van der Waals surface area contributed by atoms with Crippen molar-refractivity contribution in [1.82, 2.24) is 4.98 Å². The van der Waals surface area contributed by atoms with Crippen molar-refractivity contribution in [2.75, 3.05) is 18.1 Å². The molecule has 1 aliphatic rings. The van der Waals surface area contributed by atoms with Gasteiger partial charge in [0, 0.05) is 17.4 Å². The van der Waals surface area contributed by atoms with E-state index in [1.807, 2.05) is 6.26 Å². The van der Waals surface area contributed by atoms with Crippen molar-refractivity contribution in [1.29, 1.82) is 0 Å². The molecule has 1 aromatic rings. The van der Waals surface area contributed by atoms with Crippen LogP contribution in [0.2, 0.25) is 0 Å². The van der Waals surface area contributed by atoms with Gasteiger partial charge in [-0.15, -0.1) is 0 Å². The molecule has 0 atom stereocenters. The van der Waals surface area contributed by atoms with Gasteiger partial charge in [-0.3, -0.25) is 0 Å². The number of anilines is 1. The number of nitrogens with zero attached hydrogens (tertiary/aromatic N) is 1. The minimum atomic E-state index is -1.28. The van der Waals surface area contributed by atoms with E-state index in [-0.39, 0.29) is 10.6 Å². The molecular weight excluding hydrogens is 237 g/mol. The van der Waals surface area contributed by atoms with Gasteiger partial charge in [0.2, 0.25) is 0 Å². The van der Waals surface area contributed by atoms with E-state index in [1.54, 1.807) is 11.8 Å². The zero-order valence-electron chi connectivity index (χ0n) is 8.69. The van der Waals surface area contributed by atoms with Crippen LogP contribution in [0, 0.1) is 17.6 Å². The summed E-state index contributed by atoms with van der Waals surface area (Å²) in [6.07, 6.45) is 4.07. The molecule has 0 aromatic carbocycles. The molecule has 16 heavy (non-hydrogen) atoms. The van der Waals surface area contributed by atoms with Crippen LogP contribution in [-0.2, 0) is 0 Å². The quantitative estimate of drug-likeness (QED) is 0.829. The molecule has 0 saturated heterocycles. The number of nitrogens with one attached hydrogen (secondary N) is 1. The zero-order valence-corrected chi connectivity index (χ0v) is 9.50. The highest BCUT2D eigenvalue weighted by atomic mass is 32.2. The Balaban J connectivity index is 2.07. The maximum Gasteiger partial charge on any atom is 0.251 e. The lowest BCUT2D eigenvalue weighted by Crippen LogP contribution is -2.19. The predicted molar refractivity (Wildman–Crippen MR) is 58.1 cm³/mol. The normalized spacial score (nSPS) is 17.2. The number of aromatic nitrogens is 1. The molecule has 1 aromatic heterocycles. The average Bonchev–Trinajstić information content (AvgIpc) is 3.02. The van der Waals surface area contributed by atoms with E-state index in [1.165, 1.54) is 0 Å². The number of pyridine rings is 1. The first-order chi connectivity index (χ1) is 7.56. The molecule has 2 rings (SSSR count). The molecule has 1 fully saturated rings. The molecule has 0 bridgehead atoms. The van der Waals surface area contributed by atoms with Gasteiger partial charge in [0.05, 0.1) is 0 Å². The molecular formula is C10H11F3N2S. The Morgan fingerprint density at radius 2 is 2.06 bits per heavy atom. The van der Waals surface area contributed by atoms with Crippen LogP contribution >= 0.6 is 11.8 Å². The van der Waals surface area contributed by atoms with Crippen molar-refractivity contribution in [2.24, 2.45) is 0 Å². The summed E-state index contributed by atoms with van der Waals surface area (Å²) in [7, 11) is 0. The minimum Gasteiger partial charge on any atom is -0.366 e. The minimum absolute atomic E-state index is 0.110. The highest BCUT2D eigenvalue weighted by molar-refractivity contribution is 8.00. The number of hydrogen-bond acceptors (Lipinski definition) is 3. The van der Waals surface area contributed by atoms with Crippen molar-refractivity contribution < 1.29 is 13.2 Å². The third-order valence-corrected chi connectivity index (χ3v) is 4.12. The molecule has 0 aliphatic heterocycles. The molecule has 2 nitrogen and oxygen atoms in total. The lowest BCUT2D eigenvalue weighted by molar-refractivity contribution is 0.466. The Morgan fingerprint density at radius 3 is 2.62 bits per heavy atom. The summed E-state index contributed by atoms with van der Waals surface area (Å²) in [6, 6.07) is 0.503. The van der Waals surface area contributed by atoms with Gasteiger partial charge in [-0.05, 0) is 19.1 Å². The number of rotatable bonds is 4. The highest BCUT2D eigenvalue weighted by Gasteiger charge is 2.41. The second kappa shape index (κ2) is 4.16. The molecule has 1 heterocycles. The first-order valence-electron chi connectivity index (χ1n) is 4.87. The summed E-state index contributed by atoms with van der Waals surface area (Å²) in [4.78, 5) is 3.20. The largest absolute Gasteiger partial charge is 0.366 e. The second-order valence-electron chi connectivity index (χ2n) is 3.83. The molecule has 0 radical (unpaired) electrons. The summed E-state index contributed by atoms with van der Waals surface area (Å²) in [6.45, 7) is 0.517. The van der Waals surface area contributed by atoms with Crippen molar-refractivity contribution >= 4 is 17.6 Å². The Bertz CT molecular complexity index is 407. The van der Waals surface area contributed by atoms with Crippen LogP contribution in [0.25, 0.3) is 0 Å². The van der Waals surface area contributed by atoms with Crippen LogP contribution in [0.3, 0.4) is 0 Å². The monoisotopic (exact) mass is 248 g/mol. The van der Waals surface area contributed by atoms with Gasteiger partial charge in [-0.1, -0.05) is 0 Å². The molecule has 1 saturated carbocycles. The second-order valence-corrected chi connectivity index (χ2v) is 5.11. The zero-order chi connectivity index (χ0) is 11.8. The van der Waals surface area contributed by atoms with E-state index in [0.717, 1.165) is 12.8 Å².